The molecule has 1 N–H and O–H groups in total. The summed E-state index contributed by atoms with van der Waals surface area (Å²) in [5.41, 5.74) is 1.39. The zero-order valence-electron chi connectivity index (χ0n) is 16.5. The molecule has 0 aliphatic rings. The molecule has 0 atom stereocenters. The van der Waals surface area contributed by atoms with Gasteiger partial charge in [0.15, 0.2) is 17.2 Å². The van der Waals surface area contributed by atoms with Crippen molar-refractivity contribution in [2.75, 3.05) is 7.11 Å². The third-order valence-corrected chi connectivity index (χ3v) is 5.03. The number of aliphatic carboxylic acids is 1. The Labute approximate surface area is 189 Å². The Morgan fingerprint density at radius 3 is 2.00 bits per heavy atom. The van der Waals surface area contributed by atoms with Crippen LogP contribution < -0.4 is 9.47 Å². The lowest BCUT2D eigenvalue weighted by Crippen LogP contribution is -2.17. The molecule has 3 aromatic carbocycles. The summed E-state index contributed by atoms with van der Waals surface area (Å²) in [5.74, 6) is -0.741. The highest BCUT2D eigenvalue weighted by molar-refractivity contribution is 6.43. The summed E-state index contributed by atoms with van der Waals surface area (Å²) in [7, 11) is 1.27. The lowest BCUT2D eigenvalue weighted by atomic mass is 10.1. The number of benzene rings is 3. The number of halogens is 2. The fourth-order valence-corrected chi connectivity index (χ4v) is 3.18. The quantitative estimate of drug-likeness (QED) is 0.333. The molecule has 0 unspecified atom stereocenters. The number of nitrogens with zero attached hydrogens (tertiary/aromatic N) is 1. The molecule has 0 radical (unpaired) electrons. The lowest BCUT2D eigenvalue weighted by molar-refractivity contribution is -0.129. The number of oxime groups is 1. The van der Waals surface area contributed by atoms with Crippen LogP contribution in [0.3, 0.4) is 0 Å². The molecular weight excluding hydrogens is 441 g/mol. The Kier molecular flexibility index (Phi) is 7.76. The maximum Gasteiger partial charge on any atom is 0.358 e. The summed E-state index contributed by atoms with van der Waals surface area (Å²) in [6.07, 6.45) is 0. The van der Waals surface area contributed by atoms with E-state index in [1.807, 2.05) is 36.4 Å². The molecule has 0 heterocycles. The molecule has 6 nitrogen and oxygen atoms in total. The first-order valence-electron chi connectivity index (χ1n) is 9.21. The van der Waals surface area contributed by atoms with Gasteiger partial charge in [0.2, 0.25) is 0 Å². The molecule has 3 aromatic rings. The number of ether oxygens (including phenoxy) is 2. The third kappa shape index (κ3) is 5.69. The van der Waals surface area contributed by atoms with Gasteiger partial charge in [-0.25, -0.2) is 4.79 Å². The molecule has 0 amide bonds. The Bertz CT molecular complexity index is 1100. The van der Waals surface area contributed by atoms with Crippen LogP contribution in [0.1, 0.15) is 16.7 Å². The molecule has 0 fully saturated rings. The van der Waals surface area contributed by atoms with Gasteiger partial charge in [-0.05, 0) is 24.3 Å². The monoisotopic (exact) mass is 459 g/mol. The molecule has 0 aliphatic heterocycles. The van der Waals surface area contributed by atoms with Crippen molar-refractivity contribution in [1.29, 1.82) is 0 Å². The van der Waals surface area contributed by atoms with Crippen LogP contribution in [0.5, 0.6) is 11.5 Å². The summed E-state index contributed by atoms with van der Waals surface area (Å²) in [6, 6.07) is 19.4. The molecule has 0 aliphatic carbocycles. The molecule has 0 saturated carbocycles. The number of rotatable bonds is 9. The van der Waals surface area contributed by atoms with Crippen molar-refractivity contribution < 1.29 is 24.2 Å². The van der Waals surface area contributed by atoms with E-state index in [-0.39, 0.29) is 30.2 Å². The van der Waals surface area contributed by atoms with Crippen LogP contribution in [-0.2, 0) is 22.8 Å². The van der Waals surface area contributed by atoms with E-state index < -0.39 is 5.97 Å². The normalized spacial score (nSPS) is 11.1. The first-order chi connectivity index (χ1) is 15.0. The highest BCUT2D eigenvalue weighted by Gasteiger charge is 2.22. The van der Waals surface area contributed by atoms with Gasteiger partial charge < -0.3 is 19.4 Å². The van der Waals surface area contributed by atoms with Crippen LogP contribution in [0, 0.1) is 0 Å². The maximum absolute atomic E-state index is 11.8. The van der Waals surface area contributed by atoms with Crippen molar-refractivity contribution in [3.63, 3.8) is 0 Å². The van der Waals surface area contributed by atoms with Crippen molar-refractivity contribution >= 4 is 34.9 Å². The minimum atomic E-state index is -1.27. The van der Waals surface area contributed by atoms with Crippen LogP contribution in [0.25, 0.3) is 0 Å². The summed E-state index contributed by atoms with van der Waals surface area (Å²) in [4.78, 5) is 16.5. The highest BCUT2D eigenvalue weighted by atomic mass is 35.5. The number of carboxylic acids is 1. The number of para-hydroxylation sites is 1. The minimum Gasteiger partial charge on any atom is -0.485 e. The van der Waals surface area contributed by atoms with Gasteiger partial charge in [-0.2, -0.15) is 0 Å². The standard InChI is InChI=1S/C23H19Cl2NO5/c1-29-26-21(23(27)28)17-9-6-12-20(30-13-15-7-2-4-10-18(15)24)22(17)31-14-16-8-3-5-11-19(16)25/h2-12H,13-14H2,1H3,(H,27,28). The van der Waals surface area contributed by atoms with E-state index in [2.05, 4.69) is 5.16 Å². The van der Waals surface area contributed by atoms with E-state index in [0.29, 0.717) is 15.8 Å². The van der Waals surface area contributed by atoms with E-state index in [4.69, 9.17) is 37.5 Å². The number of carboxylic acid groups (broad SMARTS) is 1. The molecule has 8 heteroatoms. The molecular formula is C23H19Cl2NO5. The summed E-state index contributed by atoms with van der Waals surface area (Å²) in [5, 5.41) is 14.3. The highest BCUT2D eigenvalue weighted by Crippen LogP contribution is 2.34. The van der Waals surface area contributed by atoms with E-state index in [0.717, 1.165) is 11.1 Å². The Balaban J connectivity index is 1.97. The zero-order valence-corrected chi connectivity index (χ0v) is 18.1. The third-order valence-electron chi connectivity index (χ3n) is 4.29. The van der Waals surface area contributed by atoms with E-state index in [1.165, 1.54) is 7.11 Å². The Morgan fingerprint density at radius 1 is 0.871 bits per heavy atom. The molecule has 0 bridgehead atoms. The largest absolute Gasteiger partial charge is 0.485 e. The van der Waals surface area contributed by atoms with Gasteiger partial charge in [0.05, 0.1) is 5.56 Å². The van der Waals surface area contributed by atoms with Gasteiger partial charge in [0, 0.05) is 21.2 Å². The van der Waals surface area contributed by atoms with Gasteiger partial charge in [-0.15, -0.1) is 0 Å². The topological polar surface area (TPSA) is 77.4 Å². The van der Waals surface area contributed by atoms with E-state index in [9.17, 15) is 9.90 Å². The lowest BCUT2D eigenvalue weighted by Gasteiger charge is -2.17. The van der Waals surface area contributed by atoms with Gasteiger partial charge in [0.25, 0.3) is 0 Å². The Hall–Kier alpha value is -3.22. The van der Waals surface area contributed by atoms with Crippen molar-refractivity contribution in [2.45, 2.75) is 13.2 Å². The van der Waals surface area contributed by atoms with Crippen molar-refractivity contribution in [1.82, 2.24) is 0 Å². The smallest absolute Gasteiger partial charge is 0.358 e. The second-order valence-electron chi connectivity index (χ2n) is 6.32. The first-order valence-corrected chi connectivity index (χ1v) is 9.97. The summed E-state index contributed by atoms with van der Waals surface area (Å²) >= 11 is 12.4. The average Bonchev–Trinajstić information content (AvgIpc) is 2.76. The molecule has 0 spiro atoms. The van der Waals surface area contributed by atoms with Crippen LogP contribution in [0.2, 0.25) is 10.0 Å². The predicted molar refractivity (Wildman–Crippen MR) is 119 cm³/mol. The zero-order chi connectivity index (χ0) is 22.2. The SMILES string of the molecule is CON=C(C(=O)O)c1cccc(OCc2ccccc2Cl)c1OCc1ccccc1Cl. The number of hydrogen-bond acceptors (Lipinski definition) is 5. The van der Waals surface area contributed by atoms with Crippen molar-refractivity contribution in [3.8, 4) is 11.5 Å². The number of carbonyl (C=O) groups is 1. The van der Waals surface area contributed by atoms with E-state index >= 15 is 0 Å². The van der Waals surface area contributed by atoms with E-state index in [1.54, 1.807) is 30.3 Å². The number of hydrogen-bond donors (Lipinski definition) is 1. The van der Waals surface area contributed by atoms with Gasteiger partial charge in [0.1, 0.15) is 20.3 Å². The predicted octanol–water partition coefficient (Wildman–Crippen LogP) is 5.59. The van der Waals surface area contributed by atoms with Crippen LogP contribution >= 0.6 is 23.2 Å². The average molecular weight is 460 g/mol. The maximum atomic E-state index is 11.8. The van der Waals surface area contributed by atoms with Crippen LogP contribution in [0.4, 0.5) is 0 Å². The fourth-order valence-electron chi connectivity index (χ4n) is 2.80. The summed E-state index contributed by atoms with van der Waals surface area (Å²) < 4.78 is 11.9. The minimum absolute atomic E-state index is 0.0963. The van der Waals surface area contributed by atoms with Gasteiger partial charge in [-0.3, -0.25) is 0 Å². The molecule has 0 saturated heterocycles. The molecule has 31 heavy (non-hydrogen) atoms. The second-order valence-corrected chi connectivity index (χ2v) is 7.14. The van der Waals surface area contributed by atoms with Crippen LogP contribution in [0.15, 0.2) is 71.9 Å². The first kappa shape index (κ1) is 22.5. The van der Waals surface area contributed by atoms with Crippen LogP contribution in [-0.4, -0.2) is 23.9 Å². The van der Waals surface area contributed by atoms with Gasteiger partial charge in [-0.1, -0.05) is 70.8 Å². The van der Waals surface area contributed by atoms with Gasteiger partial charge >= 0.3 is 5.97 Å². The van der Waals surface area contributed by atoms with Crippen molar-refractivity contribution in [3.05, 3.63) is 93.5 Å². The Morgan fingerprint density at radius 2 is 1.45 bits per heavy atom. The fraction of sp³-hybridized carbons (Fsp3) is 0.130. The molecule has 3 rings (SSSR count). The molecule has 160 valence electrons. The molecule has 0 aromatic heterocycles. The second kappa shape index (κ2) is 10.7. The van der Waals surface area contributed by atoms with Crippen molar-refractivity contribution in [2.24, 2.45) is 5.16 Å². The summed E-state index contributed by atoms with van der Waals surface area (Å²) in [6.45, 7) is 0.258.